The average molecular weight is 292 g/mol. The van der Waals surface area contributed by atoms with E-state index in [1.807, 2.05) is 0 Å². The first-order valence-electron chi connectivity index (χ1n) is 5.93. The van der Waals surface area contributed by atoms with Gasteiger partial charge in [-0.25, -0.2) is 0 Å². The number of nitro groups is 2. The number of allylic oxidation sites excluding steroid dienone is 1. The van der Waals surface area contributed by atoms with Gasteiger partial charge >= 0.3 is 11.6 Å². The van der Waals surface area contributed by atoms with Crippen LogP contribution < -0.4 is 0 Å². The molecule has 0 amide bonds. The van der Waals surface area contributed by atoms with E-state index in [1.54, 1.807) is 30.7 Å². The molecule has 0 saturated heterocycles. The maximum Gasteiger partial charge on any atom is 0.382 e. The molecule has 2 heterocycles. The van der Waals surface area contributed by atoms with Gasteiger partial charge < -0.3 is 24.8 Å². The third kappa shape index (κ3) is 3.11. The highest BCUT2D eigenvalue weighted by Crippen LogP contribution is 2.12. The van der Waals surface area contributed by atoms with Gasteiger partial charge in [-0.15, -0.1) is 0 Å². The summed E-state index contributed by atoms with van der Waals surface area (Å²) in [7, 11) is 0. The van der Waals surface area contributed by atoms with E-state index >= 15 is 0 Å². The second-order valence-corrected chi connectivity index (χ2v) is 4.25. The van der Waals surface area contributed by atoms with Crippen molar-refractivity contribution in [2.75, 3.05) is 0 Å². The monoisotopic (exact) mass is 292 g/mol. The van der Waals surface area contributed by atoms with Crippen molar-refractivity contribution in [3.8, 4) is 0 Å². The van der Waals surface area contributed by atoms with E-state index in [1.165, 1.54) is 17.0 Å². The topological polar surface area (TPSA) is 122 Å². The summed E-state index contributed by atoms with van der Waals surface area (Å²) in [5, 5.41) is 21.2. The van der Waals surface area contributed by atoms with Gasteiger partial charge in [-0.3, -0.25) is 4.57 Å². The Kier molecular flexibility index (Phi) is 3.78. The van der Waals surface area contributed by atoms with E-state index in [4.69, 9.17) is 0 Å². The summed E-state index contributed by atoms with van der Waals surface area (Å²) in [6.07, 6.45) is 5.95. The molecule has 0 unspecified atom stereocenters. The maximum absolute atomic E-state index is 10.6. The van der Waals surface area contributed by atoms with E-state index in [2.05, 4.69) is 9.97 Å². The van der Waals surface area contributed by atoms with E-state index < -0.39 is 9.85 Å². The molecular weight excluding hydrogens is 280 g/mol. The fourth-order valence-electron chi connectivity index (χ4n) is 1.75. The van der Waals surface area contributed by atoms with Crippen molar-refractivity contribution in [1.29, 1.82) is 0 Å². The molecule has 2 aromatic rings. The third-order valence-electron chi connectivity index (χ3n) is 2.81. The molecular formula is C11H12N6O4. The quantitative estimate of drug-likeness (QED) is 0.610. The molecule has 0 atom stereocenters. The standard InChI is InChI=1S/C11H12N6O4/c1-8-12-10(16(18)19)6-14(8)4-3-5-15-7-11(17(20)21)13-9(15)2/h3-4,6-7H,5H2,1-2H3. The fourth-order valence-corrected chi connectivity index (χ4v) is 1.75. The van der Waals surface area contributed by atoms with Crippen molar-refractivity contribution in [3.63, 3.8) is 0 Å². The lowest BCUT2D eigenvalue weighted by atomic mass is 10.5. The summed E-state index contributed by atoms with van der Waals surface area (Å²) in [6, 6.07) is 0. The SMILES string of the molecule is Cc1nc([N+](=O)[O-])cn1C=CCn1cc([N+](=O)[O-])nc1C. The van der Waals surface area contributed by atoms with Crippen LogP contribution in [0.2, 0.25) is 0 Å². The van der Waals surface area contributed by atoms with E-state index in [0.717, 1.165) is 0 Å². The van der Waals surface area contributed by atoms with Crippen LogP contribution in [0.4, 0.5) is 11.6 Å². The fraction of sp³-hybridized carbons (Fsp3) is 0.273. The Labute approximate surface area is 118 Å². The number of nitrogens with zero attached hydrogens (tertiary/aromatic N) is 6. The molecule has 0 radical (unpaired) electrons. The van der Waals surface area contributed by atoms with E-state index in [9.17, 15) is 20.2 Å². The smallest absolute Gasteiger partial charge is 0.358 e. The Morgan fingerprint density at radius 2 is 1.67 bits per heavy atom. The molecule has 0 aliphatic heterocycles. The van der Waals surface area contributed by atoms with Crippen LogP contribution in [0, 0.1) is 34.1 Å². The minimum absolute atomic E-state index is 0.213. The van der Waals surface area contributed by atoms with Crippen molar-refractivity contribution in [3.05, 3.63) is 50.3 Å². The molecule has 0 aliphatic rings. The number of aryl methyl sites for hydroxylation is 2. The van der Waals surface area contributed by atoms with Crippen LogP contribution in [0.3, 0.4) is 0 Å². The first-order chi connectivity index (χ1) is 9.88. The van der Waals surface area contributed by atoms with Crippen molar-refractivity contribution in [1.82, 2.24) is 19.1 Å². The molecule has 0 N–H and O–H groups in total. The van der Waals surface area contributed by atoms with Gasteiger partial charge in [0, 0.05) is 26.6 Å². The maximum atomic E-state index is 10.6. The lowest BCUT2D eigenvalue weighted by molar-refractivity contribution is -0.389. The predicted octanol–water partition coefficient (Wildman–Crippen LogP) is 1.68. The minimum atomic E-state index is -0.569. The number of hydrogen-bond acceptors (Lipinski definition) is 6. The largest absolute Gasteiger partial charge is 0.382 e. The Morgan fingerprint density at radius 3 is 2.19 bits per heavy atom. The zero-order valence-electron chi connectivity index (χ0n) is 11.3. The molecule has 21 heavy (non-hydrogen) atoms. The molecule has 0 fully saturated rings. The van der Waals surface area contributed by atoms with Gasteiger partial charge in [-0.2, -0.15) is 0 Å². The normalized spacial score (nSPS) is 11.1. The van der Waals surface area contributed by atoms with Crippen LogP contribution in [-0.2, 0) is 6.54 Å². The van der Waals surface area contributed by atoms with E-state index in [0.29, 0.717) is 18.2 Å². The summed E-state index contributed by atoms with van der Waals surface area (Å²) in [5.74, 6) is 0.549. The molecule has 110 valence electrons. The van der Waals surface area contributed by atoms with Crippen LogP contribution in [0.15, 0.2) is 18.5 Å². The molecule has 0 bridgehead atoms. The number of aromatic nitrogens is 4. The van der Waals surface area contributed by atoms with Crippen LogP contribution in [0.5, 0.6) is 0 Å². The zero-order chi connectivity index (χ0) is 15.6. The van der Waals surface area contributed by atoms with Gasteiger partial charge in [0.05, 0.1) is 0 Å². The van der Waals surface area contributed by atoms with Crippen LogP contribution in [0.25, 0.3) is 6.20 Å². The highest BCUT2D eigenvalue weighted by Gasteiger charge is 2.15. The lowest BCUT2D eigenvalue weighted by Gasteiger charge is -1.96. The Morgan fingerprint density at radius 1 is 1.10 bits per heavy atom. The summed E-state index contributed by atoms with van der Waals surface area (Å²) in [5.41, 5.74) is 0. The molecule has 10 nitrogen and oxygen atoms in total. The molecule has 10 heteroatoms. The van der Waals surface area contributed by atoms with Gasteiger partial charge in [-0.05, 0) is 25.9 Å². The summed E-state index contributed by atoms with van der Waals surface area (Å²) in [4.78, 5) is 27.7. The molecule has 2 rings (SSSR count). The highest BCUT2D eigenvalue weighted by molar-refractivity contribution is 5.31. The minimum Gasteiger partial charge on any atom is -0.358 e. The molecule has 0 aliphatic carbocycles. The van der Waals surface area contributed by atoms with Gasteiger partial charge in [0.1, 0.15) is 12.4 Å². The van der Waals surface area contributed by atoms with Crippen molar-refractivity contribution < 1.29 is 9.85 Å². The van der Waals surface area contributed by atoms with Crippen molar-refractivity contribution in [2.45, 2.75) is 20.4 Å². The third-order valence-corrected chi connectivity index (χ3v) is 2.81. The van der Waals surface area contributed by atoms with Crippen molar-refractivity contribution >= 4 is 17.8 Å². The van der Waals surface area contributed by atoms with Crippen molar-refractivity contribution in [2.24, 2.45) is 0 Å². The Balaban J connectivity index is 2.12. The molecule has 0 aromatic carbocycles. The molecule has 2 aromatic heterocycles. The van der Waals surface area contributed by atoms with Gasteiger partial charge in [0.2, 0.25) is 11.6 Å². The Bertz CT molecular complexity index is 729. The lowest BCUT2D eigenvalue weighted by Crippen LogP contribution is -1.97. The van der Waals surface area contributed by atoms with Crippen LogP contribution >= 0.6 is 0 Å². The second-order valence-electron chi connectivity index (χ2n) is 4.25. The number of hydrogen-bond donors (Lipinski definition) is 0. The molecule has 0 saturated carbocycles. The first-order valence-corrected chi connectivity index (χ1v) is 5.93. The Hall–Kier alpha value is -3.04. The average Bonchev–Trinajstić information content (AvgIpc) is 2.95. The molecule has 0 spiro atoms. The number of rotatable bonds is 5. The van der Waals surface area contributed by atoms with E-state index in [-0.39, 0.29) is 11.6 Å². The van der Waals surface area contributed by atoms with Crippen LogP contribution in [-0.4, -0.2) is 28.9 Å². The van der Waals surface area contributed by atoms with Gasteiger partial charge in [-0.1, -0.05) is 0 Å². The van der Waals surface area contributed by atoms with Gasteiger partial charge in [0.15, 0.2) is 0 Å². The summed E-state index contributed by atoms with van der Waals surface area (Å²) in [6.45, 7) is 3.66. The summed E-state index contributed by atoms with van der Waals surface area (Å²) >= 11 is 0. The second kappa shape index (κ2) is 5.53. The van der Waals surface area contributed by atoms with Crippen LogP contribution in [0.1, 0.15) is 11.6 Å². The zero-order valence-corrected chi connectivity index (χ0v) is 11.3. The first kappa shape index (κ1) is 14.4. The highest BCUT2D eigenvalue weighted by atomic mass is 16.6. The van der Waals surface area contributed by atoms with Gasteiger partial charge in [0.25, 0.3) is 0 Å². The predicted molar refractivity (Wildman–Crippen MR) is 72.6 cm³/mol. The number of imidazole rings is 2. The summed E-state index contributed by atoms with van der Waals surface area (Å²) < 4.78 is 3.12.